The van der Waals surface area contributed by atoms with Gasteiger partial charge in [-0.25, -0.2) is 4.99 Å². The third-order valence-corrected chi connectivity index (χ3v) is 3.58. The summed E-state index contributed by atoms with van der Waals surface area (Å²) >= 11 is 4.44. The van der Waals surface area contributed by atoms with E-state index >= 15 is 0 Å². The lowest BCUT2D eigenvalue weighted by molar-refractivity contribution is 0.667. The second kappa shape index (κ2) is 8.54. The zero-order chi connectivity index (χ0) is 10.1. The molecule has 0 spiro atoms. The van der Waals surface area contributed by atoms with E-state index in [1.807, 2.05) is 13.8 Å². The Balaban J connectivity index is 3.25. The van der Waals surface area contributed by atoms with Gasteiger partial charge in [-0.3, -0.25) is 4.21 Å². The topological polar surface area (TPSA) is 29.4 Å². The van der Waals surface area contributed by atoms with Gasteiger partial charge in [-0.05, 0) is 25.1 Å². The van der Waals surface area contributed by atoms with E-state index in [1.54, 1.807) is 0 Å². The number of hydrogen-bond donors (Lipinski definition) is 0. The van der Waals surface area contributed by atoms with Crippen LogP contribution in [-0.2, 0) is 10.8 Å². The van der Waals surface area contributed by atoms with E-state index in [4.69, 9.17) is 0 Å². The Morgan fingerprint density at radius 3 is 2.62 bits per heavy atom. The highest BCUT2D eigenvalue weighted by atomic mass is 32.2. The van der Waals surface area contributed by atoms with Crippen molar-refractivity contribution >= 4 is 28.2 Å². The van der Waals surface area contributed by atoms with Crippen LogP contribution < -0.4 is 0 Å². The van der Waals surface area contributed by atoms with Gasteiger partial charge in [0.25, 0.3) is 0 Å². The fourth-order valence-corrected chi connectivity index (χ4v) is 1.94. The summed E-state index contributed by atoms with van der Waals surface area (Å²) in [5.41, 5.74) is 0. The van der Waals surface area contributed by atoms with Crippen molar-refractivity contribution in [3.05, 3.63) is 0 Å². The number of nitrogens with zero attached hydrogens (tertiary/aromatic N) is 1. The standard InChI is InChI=1S/C9H17NOS2/c1-9(2)13(11)7-5-3-4-6-10-8-12/h9H,3-7H2,1-2H3. The van der Waals surface area contributed by atoms with Crippen molar-refractivity contribution in [1.82, 2.24) is 0 Å². The molecule has 0 heterocycles. The smallest absolute Gasteiger partial charge is 0.0584 e. The van der Waals surface area contributed by atoms with Crippen LogP contribution >= 0.6 is 12.2 Å². The van der Waals surface area contributed by atoms with E-state index in [9.17, 15) is 4.21 Å². The molecule has 0 aromatic rings. The summed E-state index contributed by atoms with van der Waals surface area (Å²) in [6.45, 7) is 4.75. The van der Waals surface area contributed by atoms with Crippen molar-refractivity contribution in [2.24, 2.45) is 4.99 Å². The van der Waals surface area contributed by atoms with Gasteiger partial charge in [0.05, 0.1) is 5.16 Å². The van der Waals surface area contributed by atoms with Crippen molar-refractivity contribution in [2.75, 3.05) is 12.3 Å². The fourth-order valence-electron chi connectivity index (χ4n) is 0.893. The predicted octanol–water partition coefficient (Wildman–Crippen LogP) is 2.42. The van der Waals surface area contributed by atoms with Crippen molar-refractivity contribution in [3.8, 4) is 0 Å². The van der Waals surface area contributed by atoms with E-state index in [0.29, 0.717) is 5.25 Å². The van der Waals surface area contributed by atoms with Gasteiger partial charge in [0.2, 0.25) is 0 Å². The highest BCUT2D eigenvalue weighted by molar-refractivity contribution is 7.85. The summed E-state index contributed by atoms with van der Waals surface area (Å²) in [5.74, 6) is 0.818. The normalized spacial score (nSPS) is 12.5. The minimum atomic E-state index is -0.646. The summed E-state index contributed by atoms with van der Waals surface area (Å²) in [6.07, 6.45) is 3.13. The van der Waals surface area contributed by atoms with Gasteiger partial charge in [-0.15, -0.1) is 0 Å². The third-order valence-electron chi connectivity index (χ3n) is 1.71. The minimum absolute atomic E-state index is 0.291. The van der Waals surface area contributed by atoms with E-state index in [1.165, 1.54) is 0 Å². The number of aliphatic imine (C=N–C) groups is 1. The lowest BCUT2D eigenvalue weighted by Crippen LogP contribution is -2.09. The van der Waals surface area contributed by atoms with Crippen LogP contribution in [0.4, 0.5) is 0 Å². The number of hydrogen-bond acceptors (Lipinski definition) is 3. The van der Waals surface area contributed by atoms with Crippen LogP contribution in [0, 0.1) is 0 Å². The van der Waals surface area contributed by atoms with Crippen molar-refractivity contribution < 1.29 is 4.21 Å². The van der Waals surface area contributed by atoms with Gasteiger partial charge in [-0.1, -0.05) is 20.3 Å². The molecule has 0 aliphatic carbocycles. The lowest BCUT2D eigenvalue weighted by Gasteiger charge is -2.03. The zero-order valence-electron chi connectivity index (χ0n) is 8.28. The van der Waals surface area contributed by atoms with Crippen LogP contribution in [0.5, 0.6) is 0 Å². The molecular formula is C9H17NOS2. The van der Waals surface area contributed by atoms with Gasteiger partial charge in [0.15, 0.2) is 0 Å². The Labute approximate surface area is 88.3 Å². The van der Waals surface area contributed by atoms with Crippen molar-refractivity contribution in [1.29, 1.82) is 0 Å². The first-order valence-corrected chi connectivity index (χ1v) is 6.38. The summed E-state index contributed by atoms with van der Waals surface area (Å²) < 4.78 is 11.3. The summed E-state index contributed by atoms with van der Waals surface area (Å²) in [5, 5.41) is 2.62. The van der Waals surface area contributed by atoms with Gasteiger partial charge < -0.3 is 0 Å². The molecule has 0 saturated heterocycles. The van der Waals surface area contributed by atoms with Crippen molar-refractivity contribution in [3.63, 3.8) is 0 Å². The van der Waals surface area contributed by atoms with Crippen LogP contribution in [0.2, 0.25) is 0 Å². The molecule has 0 aromatic heterocycles. The Morgan fingerprint density at radius 1 is 1.38 bits per heavy atom. The van der Waals surface area contributed by atoms with Gasteiger partial charge >= 0.3 is 0 Å². The Hall–Kier alpha value is -0.0500. The number of rotatable bonds is 7. The molecule has 0 radical (unpaired) electrons. The Bertz CT molecular complexity index is 198. The highest BCUT2D eigenvalue weighted by Gasteiger charge is 2.03. The summed E-state index contributed by atoms with van der Waals surface area (Å²) in [6, 6.07) is 0. The fraction of sp³-hybridized carbons (Fsp3) is 0.889. The monoisotopic (exact) mass is 219 g/mol. The summed E-state index contributed by atoms with van der Waals surface area (Å²) in [4.78, 5) is 3.81. The first-order valence-electron chi connectivity index (χ1n) is 4.59. The molecule has 1 atom stereocenters. The maximum absolute atomic E-state index is 11.3. The molecule has 0 amide bonds. The minimum Gasteiger partial charge on any atom is -0.259 e. The van der Waals surface area contributed by atoms with E-state index in [2.05, 4.69) is 22.4 Å². The van der Waals surface area contributed by atoms with E-state index in [-0.39, 0.29) is 0 Å². The highest BCUT2D eigenvalue weighted by Crippen LogP contribution is 2.01. The van der Waals surface area contributed by atoms with E-state index in [0.717, 1.165) is 31.6 Å². The molecule has 76 valence electrons. The molecule has 0 bridgehead atoms. The molecule has 2 nitrogen and oxygen atoms in total. The van der Waals surface area contributed by atoms with Crippen LogP contribution in [0.15, 0.2) is 4.99 Å². The van der Waals surface area contributed by atoms with Crippen LogP contribution in [-0.4, -0.2) is 26.9 Å². The first kappa shape index (κ1) is 12.9. The van der Waals surface area contributed by atoms with Gasteiger partial charge in [-0.2, -0.15) is 0 Å². The van der Waals surface area contributed by atoms with Gasteiger partial charge in [0, 0.05) is 28.3 Å². The number of thiocarbonyl (C=S) groups is 1. The molecule has 0 fully saturated rings. The first-order chi connectivity index (χ1) is 6.18. The van der Waals surface area contributed by atoms with Crippen LogP contribution in [0.25, 0.3) is 0 Å². The Kier molecular flexibility index (Phi) is 8.51. The quantitative estimate of drug-likeness (QED) is 0.374. The number of isothiocyanates is 1. The molecule has 0 aromatic carbocycles. The van der Waals surface area contributed by atoms with E-state index < -0.39 is 10.8 Å². The van der Waals surface area contributed by atoms with Crippen LogP contribution in [0.3, 0.4) is 0 Å². The maximum atomic E-state index is 11.3. The average Bonchev–Trinajstić information content (AvgIpc) is 2.10. The second-order valence-corrected chi connectivity index (χ2v) is 5.46. The number of unbranched alkanes of at least 4 members (excludes halogenated alkanes) is 2. The second-order valence-electron chi connectivity index (χ2n) is 3.17. The van der Waals surface area contributed by atoms with Crippen LogP contribution in [0.1, 0.15) is 33.1 Å². The third kappa shape index (κ3) is 8.28. The SMILES string of the molecule is CC(C)S(=O)CCCCCN=C=S. The predicted molar refractivity (Wildman–Crippen MR) is 61.9 cm³/mol. The average molecular weight is 219 g/mol. The molecule has 0 aliphatic heterocycles. The largest absolute Gasteiger partial charge is 0.259 e. The molecule has 1 unspecified atom stereocenters. The molecule has 0 saturated carbocycles. The van der Waals surface area contributed by atoms with Gasteiger partial charge in [0.1, 0.15) is 0 Å². The maximum Gasteiger partial charge on any atom is 0.0584 e. The zero-order valence-corrected chi connectivity index (χ0v) is 9.92. The molecule has 0 N–H and O–H groups in total. The van der Waals surface area contributed by atoms with Crippen molar-refractivity contribution in [2.45, 2.75) is 38.4 Å². The molecule has 4 heteroatoms. The Morgan fingerprint density at radius 2 is 2.08 bits per heavy atom. The summed E-state index contributed by atoms with van der Waals surface area (Å²) in [7, 11) is -0.646. The molecule has 0 aliphatic rings. The molecule has 0 rings (SSSR count). The lowest BCUT2D eigenvalue weighted by atomic mass is 10.2. The molecular weight excluding hydrogens is 202 g/mol. The molecule has 13 heavy (non-hydrogen) atoms.